The van der Waals surface area contributed by atoms with Crippen LogP contribution in [-0.2, 0) is 19.5 Å². The molecule has 11 heteroatoms. The van der Waals surface area contributed by atoms with Gasteiger partial charge in [0.2, 0.25) is 0 Å². The number of amidine groups is 1. The average Bonchev–Trinajstić information content (AvgIpc) is 3.80. The maximum absolute atomic E-state index is 12.9. The van der Waals surface area contributed by atoms with Gasteiger partial charge >= 0.3 is 5.97 Å². The van der Waals surface area contributed by atoms with Crippen LogP contribution in [0.2, 0.25) is 0 Å². The number of ether oxygens (including phenoxy) is 2. The largest absolute Gasteiger partial charge is 0.497 e. The molecule has 0 aliphatic carbocycles. The molecule has 0 radical (unpaired) electrons. The van der Waals surface area contributed by atoms with E-state index in [4.69, 9.17) is 19.4 Å². The van der Waals surface area contributed by atoms with E-state index in [-0.39, 0.29) is 29.1 Å². The predicted molar refractivity (Wildman–Crippen MR) is 269 cm³/mol. The molecule has 2 aromatic heterocycles. The van der Waals surface area contributed by atoms with Crippen LogP contribution in [0.4, 0.5) is 0 Å². The average molecular weight is 881 g/mol. The smallest absolute Gasteiger partial charge is 0.306 e. The second-order valence-electron chi connectivity index (χ2n) is 16.1. The van der Waals surface area contributed by atoms with Crippen molar-refractivity contribution in [1.29, 1.82) is 0 Å². The molecule has 10 nitrogen and oxygen atoms in total. The normalized spacial score (nSPS) is 13.5. The number of pyridine rings is 1. The van der Waals surface area contributed by atoms with Gasteiger partial charge < -0.3 is 24.5 Å². The first-order valence-corrected chi connectivity index (χ1v) is 23.4. The van der Waals surface area contributed by atoms with Gasteiger partial charge in [-0.2, -0.15) is 0 Å². The number of H-pyrrole nitrogens is 2. The Morgan fingerprint density at radius 3 is 1.95 bits per heavy atom. The van der Waals surface area contributed by atoms with E-state index in [9.17, 15) is 9.59 Å². The molecular formula is C51H85N4O6P. The van der Waals surface area contributed by atoms with Gasteiger partial charge in [-0.1, -0.05) is 119 Å². The maximum Gasteiger partial charge on any atom is 0.306 e. The summed E-state index contributed by atoms with van der Waals surface area (Å²) in [7, 11) is 4.61. The van der Waals surface area contributed by atoms with Crippen LogP contribution in [0.5, 0.6) is 5.75 Å². The van der Waals surface area contributed by atoms with Crippen LogP contribution in [0, 0.1) is 11.8 Å². The van der Waals surface area contributed by atoms with Crippen LogP contribution in [0.25, 0.3) is 16.8 Å². The lowest BCUT2D eigenvalue weighted by Gasteiger charge is -2.35. The van der Waals surface area contributed by atoms with Gasteiger partial charge in [0, 0.05) is 35.2 Å². The summed E-state index contributed by atoms with van der Waals surface area (Å²) in [5, 5.41) is 6.51. The zero-order valence-electron chi connectivity index (χ0n) is 41.2. The van der Waals surface area contributed by atoms with E-state index in [1.807, 2.05) is 90.2 Å². The lowest BCUT2D eigenvalue weighted by atomic mass is 9.80. The molecule has 4 unspecified atom stereocenters. The molecule has 0 saturated heterocycles. The number of aliphatic imine (C=N–C) groups is 2. The fourth-order valence-corrected chi connectivity index (χ4v) is 6.78. The highest BCUT2D eigenvalue weighted by Crippen LogP contribution is 2.44. The van der Waals surface area contributed by atoms with Gasteiger partial charge in [0.1, 0.15) is 17.2 Å². The molecule has 350 valence electrons. The lowest BCUT2D eigenvalue weighted by Crippen LogP contribution is -2.33. The fraction of sp³-hybridized carbons (Fsp3) is 0.588. The molecule has 0 fully saturated rings. The number of carbonyl (C=O) groups is 2. The van der Waals surface area contributed by atoms with Crippen molar-refractivity contribution >= 4 is 38.9 Å². The number of nitrogens with zero attached hydrogens (tertiary/aromatic N) is 2. The molecule has 2 heterocycles. The predicted octanol–water partition coefficient (Wildman–Crippen LogP) is 14.1. The number of carbonyl (C=O) groups excluding carboxylic acids is 1. The van der Waals surface area contributed by atoms with Gasteiger partial charge in [-0.25, -0.2) is 9.98 Å². The number of rotatable bonds is 18. The molecule has 0 aliphatic rings. The summed E-state index contributed by atoms with van der Waals surface area (Å²) in [4.78, 5) is 48.7. The minimum Gasteiger partial charge on any atom is -0.497 e. The number of aromatic nitrogens is 2. The summed E-state index contributed by atoms with van der Waals surface area (Å²) in [5.74, 6) is 2.22. The molecule has 3 N–H and O–H groups in total. The van der Waals surface area contributed by atoms with Crippen LogP contribution < -0.4 is 10.3 Å². The molecule has 0 bridgehead atoms. The Bertz CT molecular complexity index is 1770. The summed E-state index contributed by atoms with van der Waals surface area (Å²) in [5.41, 5.74) is 5.37. The third-order valence-electron chi connectivity index (χ3n) is 10.1. The number of hydrogen-bond donors (Lipinski definition) is 3. The number of carboxylic acid groups (broad SMARTS) is 1. The fourth-order valence-electron chi connectivity index (χ4n) is 6.13. The molecule has 3 aromatic rings. The van der Waals surface area contributed by atoms with E-state index in [1.165, 1.54) is 25.7 Å². The van der Waals surface area contributed by atoms with E-state index in [2.05, 4.69) is 90.7 Å². The Morgan fingerprint density at radius 2 is 1.48 bits per heavy atom. The Kier molecular flexibility index (Phi) is 33.0. The van der Waals surface area contributed by atoms with Crippen molar-refractivity contribution in [1.82, 2.24) is 9.97 Å². The van der Waals surface area contributed by atoms with E-state index in [0.717, 1.165) is 83.9 Å². The number of nitrogens with one attached hydrogen (secondary N) is 2. The summed E-state index contributed by atoms with van der Waals surface area (Å²) in [6.45, 7) is 28.7. The molecule has 0 amide bonds. The molecule has 0 aliphatic heterocycles. The third kappa shape index (κ3) is 24.4. The number of esters is 1. The molecule has 0 saturated carbocycles. The van der Waals surface area contributed by atoms with Crippen LogP contribution in [0.15, 0.2) is 75.7 Å². The molecule has 62 heavy (non-hydrogen) atoms. The summed E-state index contributed by atoms with van der Waals surface area (Å²) >= 11 is 0. The number of methoxy groups -OCH3 is 1. The molecule has 3 rings (SSSR count). The van der Waals surface area contributed by atoms with Gasteiger partial charge in [0.05, 0.1) is 18.5 Å². The zero-order valence-corrected chi connectivity index (χ0v) is 42.4. The highest BCUT2D eigenvalue weighted by Gasteiger charge is 2.34. The van der Waals surface area contributed by atoms with E-state index in [0.29, 0.717) is 12.3 Å². The number of allylic oxidation sites excluding steroid dienone is 1. The minimum atomic E-state index is -0.465. The molecule has 1 aromatic carbocycles. The maximum atomic E-state index is 12.9. The second-order valence-corrected chi connectivity index (χ2v) is 17.1. The van der Waals surface area contributed by atoms with Crippen LogP contribution >= 0.6 is 9.24 Å². The Hall–Kier alpha value is -4.30. The monoisotopic (exact) mass is 881 g/mol. The van der Waals surface area contributed by atoms with Crippen LogP contribution in [-0.4, -0.2) is 51.8 Å². The molecular weight excluding hydrogens is 796 g/mol. The summed E-state index contributed by atoms with van der Waals surface area (Å²) in [6, 6.07) is 13.8. The van der Waals surface area contributed by atoms with Crippen molar-refractivity contribution in [3.8, 4) is 16.9 Å². The first kappa shape index (κ1) is 59.8. The highest BCUT2D eigenvalue weighted by molar-refractivity contribution is 7.18. The van der Waals surface area contributed by atoms with Gasteiger partial charge in [-0.15, -0.1) is 9.24 Å². The molecule has 0 spiro atoms. The third-order valence-corrected chi connectivity index (χ3v) is 11.3. The minimum absolute atomic E-state index is 0.0651. The first-order chi connectivity index (χ1) is 29.4. The van der Waals surface area contributed by atoms with E-state index in [1.54, 1.807) is 13.3 Å². The van der Waals surface area contributed by atoms with E-state index < -0.39 is 5.60 Å². The van der Waals surface area contributed by atoms with Crippen molar-refractivity contribution in [3.05, 3.63) is 82.5 Å². The zero-order chi connectivity index (χ0) is 47.7. The second kappa shape index (κ2) is 34.2. The Balaban J connectivity index is 0. The van der Waals surface area contributed by atoms with Crippen molar-refractivity contribution in [3.63, 3.8) is 0 Å². The SMILES string of the molecule is CC.CC/C=C(/N=C(C)N=C(C)C(C)CC)c1ccc[nH]1.CCC(C)C(P)(CCCCC(=O)OC(C)(C)C)c1cc(-c2ccc(OC)cc2)c[nH]c1=O.CCCCCC.O=CO. The van der Waals surface area contributed by atoms with Gasteiger partial charge in [-0.3, -0.25) is 14.4 Å². The van der Waals surface area contributed by atoms with Crippen LogP contribution in [0.3, 0.4) is 0 Å². The van der Waals surface area contributed by atoms with Crippen LogP contribution in [0.1, 0.15) is 179 Å². The van der Waals surface area contributed by atoms with E-state index >= 15 is 0 Å². The Labute approximate surface area is 378 Å². The Morgan fingerprint density at radius 1 is 0.887 bits per heavy atom. The summed E-state index contributed by atoms with van der Waals surface area (Å²) < 4.78 is 10.7. The number of aromatic amines is 2. The van der Waals surface area contributed by atoms with Crippen molar-refractivity contribution < 1.29 is 24.2 Å². The quantitative estimate of drug-likeness (QED) is 0.0289. The first-order valence-electron chi connectivity index (χ1n) is 22.8. The van der Waals surface area contributed by atoms with Gasteiger partial charge in [0.25, 0.3) is 12.0 Å². The highest BCUT2D eigenvalue weighted by atomic mass is 31.0. The summed E-state index contributed by atoms with van der Waals surface area (Å²) in [6.07, 6.45) is 17.1. The standard InChI is InChI=1S/C26H38NO4P.C16H25N3.C6H14.C2H6.CH2O2/c1-7-18(2)26(32,15-9-8-10-23(28)31-25(3,4)5)22-16-20(17-27-24(22)29)19-11-13-21(30-6)14-12-19;1-6-9-16(15-10-8-11-17-15)19-14(5)18-13(4)12(3)7-2;1-3-5-6-4-2;1-2;2-1-3/h11-14,16-18H,7-10,15,32H2,1-6H3,(H,27,29);8-12,17H,6-7H2,1-5H3;3-6H2,1-2H3;1-2H3;1H,(H,2,3)/b;16-9+,18-13?,19-14?;;;. The van der Waals surface area contributed by atoms with Crippen molar-refractivity contribution in [2.24, 2.45) is 21.8 Å². The number of unbranched alkanes of at least 4 members (excludes halogenated alkanes) is 4. The number of benzene rings is 1. The van der Waals surface area contributed by atoms with Gasteiger partial charge in [0.15, 0.2) is 0 Å². The van der Waals surface area contributed by atoms with Crippen molar-refractivity contribution in [2.75, 3.05) is 7.11 Å². The topological polar surface area (TPSA) is 146 Å². The lowest BCUT2D eigenvalue weighted by molar-refractivity contribution is -0.155. The number of hydrogen-bond acceptors (Lipinski definition) is 6. The van der Waals surface area contributed by atoms with Crippen molar-refractivity contribution in [2.45, 2.75) is 178 Å². The molecule has 4 atom stereocenters. The van der Waals surface area contributed by atoms with Gasteiger partial charge in [-0.05, 0) is 114 Å².